The average molecular weight is 296 g/mol. The molecular formula is C13H20N4O2S. The number of thiophene rings is 1. The van der Waals surface area contributed by atoms with Crippen LogP contribution in [0.2, 0.25) is 0 Å². The smallest absolute Gasteiger partial charge is 0.241 e. The van der Waals surface area contributed by atoms with E-state index in [1.165, 1.54) is 0 Å². The number of nitrogen functional groups attached to an aromatic ring is 1. The summed E-state index contributed by atoms with van der Waals surface area (Å²) < 4.78 is 11.2. The molecule has 2 aromatic rings. The summed E-state index contributed by atoms with van der Waals surface area (Å²) in [6, 6.07) is 2.02. The molecule has 110 valence electrons. The average Bonchev–Trinajstić information content (AvgIpc) is 2.78. The highest BCUT2D eigenvalue weighted by Crippen LogP contribution is 2.30. The van der Waals surface area contributed by atoms with Gasteiger partial charge in [0.2, 0.25) is 11.8 Å². The molecule has 0 spiro atoms. The molecular weight excluding hydrogens is 276 g/mol. The third kappa shape index (κ3) is 3.78. The van der Waals surface area contributed by atoms with Gasteiger partial charge < -0.3 is 9.47 Å². The van der Waals surface area contributed by atoms with E-state index in [1.807, 2.05) is 13.0 Å². The van der Waals surface area contributed by atoms with Gasteiger partial charge in [-0.05, 0) is 18.9 Å². The van der Waals surface area contributed by atoms with Gasteiger partial charge in [0.15, 0.2) is 0 Å². The molecule has 0 atom stereocenters. The maximum absolute atomic E-state index is 5.69. The predicted molar refractivity (Wildman–Crippen MR) is 81.1 cm³/mol. The van der Waals surface area contributed by atoms with Gasteiger partial charge in [0.05, 0.1) is 12.0 Å². The van der Waals surface area contributed by atoms with E-state index in [2.05, 4.69) is 29.2 Å². The maximum Gasteiger partial charge on any atom is 0.241 e. The van der Waals surface area contributed by atoms with Gasteiger partial charge in [-0.25, -0.2) is 10.8 Å². The van der Waals surface area contributed by atoms with Gasteiger partial charge in [0, 0.05) is 11.5 Å². The van der Waals surface area contributed by atoms with Crippen molar-refractivity contribution in [3.63, 3.8) is 0 Å². The standard InChI is InChI=1S/C13H20N4O2S/c1-8(2)7-18-4-5-19-11-10-6-9(3)20-12(10)16-13(15-11)17-14/h6,8H,4-5,7,14H2,1-3H3,(H,15,16,17). The third-order valence-corrected chi connectivity index (χ3v) is 3.47. The van der Waals surface area contributed by atoms with E-state index >= 15 is 0 Å². The molecule has 3 N–H and O–H groups in total. The molecule has 0 saturated heterocycles. The zero-order valence-corrected chi connectivity index (χ0v) is 12.8. The molecule has 2 heterocycles. The second kappa shape index (κ2) is 6.83. The summed E-state index contributed by atoms with van der Waals surface area (Å²) in [4.78, 5) is 10.6. The lowest BCUT2D eigenvalue weighted by molar-refractivity contribution is 0.0811. The van der Waals surface area contributed by atoms with Gasteiger partial charge in [0.25, 0.3) is 0 Å². The Morgan fingerprint density at radius 2 is 2.15 bits per heavy atom. The minimum Gasteiger partial charge on any atom is -0.475 e. The van der Waals surface area contributed by atoms with Gasteiger partial charge >= 0.3 is 0 Å². The molecule has 0 bridgehead atoms. The summed E-state index contributed by atoms with van der Waals surface area (Å²) in [6.07, 6.45) is 0. The largest absolute Gasteiger partial charge is 0.475 e. The van der Waals surface area contributed by atoms with E-state index in [0.29, 0.717) is 31.0 Å². The first kappa shape index (κ1) is 15.0. The van der Waals surface area contributed by atoms with Crippen molar-refractivity contribution in [2.24, 2.45) is 11.8 Å². The number of rotatable bonds is 7. The number of fused-ring (bicyclic) bond motifs is 1. The minimum atomic E-state index is 0.359. The van der Waals surface area contributed by atoms with Gasteiger partial charge in [0.1, 0.15) is 11.4 Å². The van der Waals surface area contributed by atoms with Crippen molar-refractivity contribution in [3.05, 3.63) is 10.9 Å². The van der Waals surface area contributed by atoms with Crippen LogP contribution in [0.1, 0.15) is 18.7 Å². The number of aryl methyl sites for hydroxylation is 1. The maximum atomic E-state index is 5.69. The Balaban J connectivity index is 2.04. The van der Waals surface area contributed by atoms with Crippen LogP contribution in [0, 0.1) is 12.8 Å². The first-order valence-corrected chi connectivity index (χ1v) is 7.37. The summed E-state index contributed by atoms with van der Waals surface area (Å²) in [7, 11) is 0. The number of nitrogens with one attached hydrogen (secondary N) is 1. The lowest BCUT2D eigenvalue weighted by Crippen LogP contribution is -2.13. The molecule has 0 aliphatic heterocycles. The Morgan fingerprint density at radius 3 is 2.85 bits per heavy atom. The van der Waals surface area contributed by atoms with Crippen molar-refractivity contribution < 1.29 is 9.47 Å². The first-order chi connectivity index (χ1) is 9.60. The van der Waals surface area contributed by atoms with Gasteiger partial charge in [-0.1, -0.05) is 13.8 Å². The minimum absolute atomic E-state index is 0.359. The summed E-state index contributed by atoms with van der Waals surface area (Å²) in [5.41, 5.74) is 2.46. The zero-order chi connectivity index (χ0) is 14.5. The van der Waals surface area contributed by atoms with E-state index in [4.69, 9.17) is 15.3 Å². The number of hydrogen-bond acceptors (Lipinski definition) is 7. The number of hydrazine groups is 1. The van der Waals surface area contributed by atoms with Crippen molar-refractivity contribution in [2.75, 3.05) is 25.2 Å². The molecule has 2 rings (SSSR count). The molecule has 0 fully saturated rings. The van der Waals surface area contributed by atoms with E-state index in [9.17, 15) is 0 Å². The van der Waals surface area contributed by atoms with E-state index < -0.39 is 0 Å². The predicted octanol–water partition coefficient (Wildman–Crippen LogP) is 2.34. The van der Waals surface area contributed by atoms with Crippen LogP contribution in [-0.4, -0.2) is 29.8 Å². The number of anilines is 1. The highest BCUT2D eigenvalue weighted by molar-refractivity contribution is 7.18. The second-order valence-corrected chi connectivity index (χ2v) is 6.12. The molecule has 0 saturated carbocycles. The van der Waals surface area contributed by atoms with E-state index in [1.54, 1.807) is 11.3 Å². The number of aromatic nitrogens is 2. The van der Waals surface area contributed by atoms with Crippen LogP contribution in [0.25, 0.3) is 10.2 Å². The highest BCUT2D eigenvalue weighted by atomic mass is 32.1. The quantitative estimate of drug-likeness (QED) is 0.463. The van der Waals surface area contributed by atoms with Gasteiger partial charge in [-0.3, -0.25) is 5.43 Å². The molecule has 0 amide bonds. The van der Waals surface area contributed by atoms with Crippen molar-refractivity contribution in [1.82, 2.24) is 9.97 Å². The van der Waals surface area contributed by atoms with E-state index in [-0.39, 0.29) is 0 Å². The van der Waals surface area contributed by atoms with Crippen molar-refractivity contribution in [1.29, 1.82) is 0 Å². The fraction of sp³-hybridized carbons (Fsp3) is 0.538. The molecule has 6 nitrogen and oxygen atoms in total. The Labute approximate surface area is 122 Å². The lowest BCUT2D eigenvalue weighted by atomic mass is 10.2. The topological polar surface area (TPSA) is 82.3 Å². The van der Waals surface area contributed by atoms with Crippen LogP contribution in [-0.2, 0) is 4.74 Å². The first-order valence-electron chi connectivity index (χ1n) is 6.55. The highest BCUT2D eigenvalue weighted by Gasteiger charge is 2.11. The van der Waals surface area contributed by atoms with E-state index in [0.717, 1.165) is 21.7 Å². The molecule has 0 aromatic carbocycles. The Bertz CT molecular complexity index is 571. The molecule has 0 aliphatic carbocycles. The molecule has 20 heavy (non-hydrogen) atoms. The molecule has 0 aliphatic rings. The van der Waals surface area contributed by atoms with Crippen LogP contribution in [0.4, 0.5) is 5.95 Å². The fourth-order valence-electron chi connectivity index (χ4n) is 1.71. The fourth-order valence-corrected chi connectivity index (χ4v) is 2.58. The Morgan fingerprint density at radius 1 is 1.35 bits per heavy atom. The SMILES string of the molecule is Cc1cc2c(OCCOCC(C)C)nc(NN)nc2s1. The summed E-state index contributed by atoms with van der Waals surface area (Å²) in [5, 5.41) is 0.912. The normalized spacial score (nSPS) is 11.2. The molecule has 0 radical (unpaired) electrons. The zero-order valence-electron chi connectivity index (χ0n) is 12.0. The monoisotopic (exact) mass is 296 g/mol. The molecule has 7 heteroatoms. The Hall–Kier alpha value is -1.44. The number of nitrogens with two attached hydrogens (primary N) is 1. The van der Waals surface area contributed by atoms with Gasteiger partial charge in [-0.2, -0.15) is 4.98 Å². The lowest BCUT2D eigenvalue weighted by Gasteiger charge is -2.09. The van der Waals surface area contributed by atoms with Crippen molar-refractivity contribution in [3.8, 4) is 5.88 Å². The Kier molecular flexibility index (Phi) is 5.11. The van der Waals surface area contributed by atoms with Gasteiger partial charge in [-0.15, -0.1) is 11.3 Å². The van der Waals surface area contributed by atoms with Crippen molar-refractivity contribution in [2.45, 2.75) is 20.8 Å². The van der Waals surface area contributed by atoms with Crippen LogP contribution >= 0.6 is 11.3 Å². The summed E-state index contributed by atoms with van der Waals surface area (Å²) >= 11 is 1.59. The molecule has 0 unspecified atom stereocenters. The van der Waals surface area contributed by atoms with Crippen molar-refractivity contribution >= 4 is 27.5 Å². The summed E-state index contributed by atoms with van der Waals surface area (Å²) in [5.74, 6) is 6.80. The van der Waals surface area contributed by atoms with Crippen LogP contribution in [0.5, 0.6) is 5.88 Å². The second-order valence-electron chi connectivity index (χ2n) is 4.89. The number of ether oxygens (including phenoxy) is 2. The third-order valence-electron chi connectivity index (χ3n) is 2.53. The number of nitrogens with zero attached hydrogens (tertiary/aromatic N) is 2. The van der Waals surface area contributed by atoms with Crippen LogP contribution in [0.15, 0.2) is 6.07 Å². The molecule has 2 aromatic heterocycles. The number of hydrogen-bond donors (Lipinski definition) is 2. The van der Waals surface area contributed by atoms with Crippen LogP contribution < -0.4 is 16.0 Å². The summed E-state index contributed by atoms with van der Waals surface area (Å²) in [6.45, 7) is 7.98. The van der Waals surface area contributed by atoms with Crippen LogP contribution in [0.3, 0.4) is 0 Å².